The first-order valence-corrected chi connectivity index (χ1v) is 7.72. The number of nitrogens with one attached hydrogen (secondary N) is 1. The summed E-state index contributed by atoms with van der Waals surface area (Å²) in [5.74, 6) is -0.550. The van der Waals surface area contributed by atoms with Gasteiger partial charge in [-0.1, -0.05) is 45.6 Å². The van der Waals surface area contributed by atoms with E-state index in [0.29, 0.717) is 6.42 Å². The minimum atomic E-state index is -4.26. The SMILES string of the molecule is C=C(C)C(=O)NC(CCCCCCC)S(=O)(=O)O. The lowest BCUT2D eigenvalue weighted by Gasteiger charge is -2.15. The zero-order chi connectivity index (χ0) is 14.2. The molecule has 1 atom stereocenters. The van der Waals surface area contributed by atoms with Gasteiger partial charge >= 0.3 is 0 Å². The number of carbonyl (C=O) groups is 1. The molecule has 0 aromatic heterocycles. The van der Waals surface area contributed by atoms with Gasteiger partial charge in [-0.2, -0.15) is 8.42 Å². The van der Waals surface area contributed by atoms with Gasteiger partial charge in [0.15, 0.2) is 5.37 Å². The van der Waals surface area contributed by atoms with E-state index < -0.39 is 21.4 Å². The average molecular weight is 277 g/mol. The lowest BCUT2D eigenvalue weighted by Crippen LogP contribution is -2.40. The molecule has 0 saturated heterocycles. The number of unbranched alkanes of at least 4 members (excludes halogenated alkanes) is 4. The second-order valence-electron chi connectivity index (χ2n) is 4.46. The van der Waals surface area contributed by atoms with E-state index in [-0.39, 0.29) is 12.0 Å². The molecule has 0 bridgehead atoms. The molecule has 2 N–H and O–H groups in total. The highest BCUT2D eigenvalue weighted by Gasteiger charge is 2.24. The Morgan fingerprint density at radius 3 is 2.28 bits per heavy atom. The number of carbonyl (C=O) groups excluding carboxylic acids is 1. The van der Waals surface area contributed by atoms with Crippen molar-refractivity contribution in [3.63, 3.8) is 0 Å². The summed E-state index contributed by atoms with van der Waals surface area (Å²) in [7, 11) is -4.26. The fourth-order valence-electron chi connectivity index (χ4n) is 1.50. The standard InChI is InChI=1S/C12H23NO4S/c1-4-5-6-7-8-9-11(18(15,16)17)13-12(14)10(2)3/h11H,2,4-9H2,1,3H3,(H,13,14)(H,15,16,17). The molecular weight excluding hydrogens is 254 g/mol. The molecule has 0 radical (unpaired) electrons. The highest BCUT2D eigenvalue weighted by molar-refractivity contribution is 7.86. The summed E-state index contributed by atoms with van der Waals surface area (Å²) in [6.45, 7) is 7.00. The van der Waals surface area contributed by atoms with Crippen molar-refractivity contribution in [2.45, 2.75) is 57.7 Å². The van der Waals surface area contributed by atoms with Crippen LogP contribution in [0.25, 0.3) is 0 Å². The molecule has 0 aromatic carbocycles. The molecule has 0 rings (SSSR count). The maximum atomic E-state index is 11.3. The van der Waals surface area contributed by atoms with Crippen molar-refractivity contribution in [3.8, 4) is 0 Å². The van der Waals surface area contributed by atoms with E-state index in [1.165, 1.54) is 6.92 Å². The maximum absolute atomic E-state index is 11.3. The van der Waals surface area contributed by atoms with Crippen LogP contribution in [0.4, 0.5) is 0 Å². The second kappa shape index (κ2) is 8.26. The average Bonchev–Trinajstić information content (AvgIpc) is 2.25. The minimum absolute atomic E-state index is 0.217. The van der Waals surface area contributed by atoms with Gasteiger partial charge in [-0.25, -0.2) is 0 Å². The molecule has 0 aliphatic carbocycles. The summed E-state index contributed by atoms with van der Waals surface area (Å²) in [5, 5.41) is 1.04. The molecule has 5 nitrogen and oxygen atoms in total. The van der Waals surface area contributed by atoms with Crippen molar-refractivity contribution >= 4 is 16.0 Å². The fourth-order valence-corrected chi connectivity index (χ4v) is 2.22. The summed E-state index contributed by atoms with van der Waals surface area (Å²) in [5.41, 5.74) is 0.217. The Morgan fingerprint density at radius 1 is 1.28 bits per heavy atom. The van der Waals surface area contributed by atoms with E-state index >= 15 is 0 Å². The molecule has 0 heterocycles. The van der Waals surface area contributed by atoms with Crippen molar-refractivity contribution in [2.75, 3.05) is 0 Å². The smallest absolute Gasteiger partial charge is 0.286 e. The first-order valence-electron chi connectivity index (χ1n) is 6.21. The third-order valence-corrected chi connectivity index (χ3v) is 3.68. The Labute approximate surface area is 109 Å². The van der Waals surface area contributed by atoms with Crippen molar-refractivity contribution in [1.82, 2.24) is 5.32 Å². The Kier molecular flexibility index (Phi) is 7.86. The van der Waals surface area contributed by atoms with Gasteiger partial charge in [0, 0.05) is 5.57 Å². The van der Waals surface area contributed by atoms with Crippen LogP contribution in [0.15, 0.2) is 12.2 Å². The number of rotatable bonds is 9. The molecule has 0 fully saturated rings. The second-order valence-corrected chi connectivity index (χ2v) is 6.06. The van der Waals surface area contributed by atoms with E-state index in [1.807, 2.05) is 0 Å². The quantitative estimate of drug-likeness (QED) is 0.384. The predicted molar refractivity (Wildman–Crippen MR) is 71.7 cm³/mol. The van der Waals surface area contributed by atoms with E-state index in [2.05, 4.69) is 18.8 Å². The van der Waals surface area contributed by atoms with Gasteiger partial charge in [-0.3, -0.25) is 9.35 Å². The van der Waals surface area contributed by atoms with Crippen LogP contribution in [0.1, 0.15) is 52.4 Å². The summed E-state index contributed by atoms with van der Waals surface area (Å²) in [4.78, 5) is 11.3. The molecule has 1 unspecified atom stereocenters. The van der Waals surface area contributed by atoms with E-state index in [0.717, 1.165) is 25.7 Å². The third kappa shape index (κ3) is 7.45. The molecule has 0 aliphatic rings. The summed E-state index contributed by atoms with van der Waals surface area (Å²) in [6.07, 6.45) is 5.01. The lowest BCUT2D eigenvalue weighted by atomic mass is 10.1. The van der Waals surface area contributed by atoms with Crippen LogP contribution in [0.3, 0.4) is 0 Å². The minimum Gasteiger partial charge on any atom is -0.334 e. The zero-order valence-corrected chi connectivity index (χ0v) is 11.9. The fraction of sp³-hybridized carbons (Fsp3) is 0.750. The molecule has 0 saturated carbocycles. The zero-order valence-electron chi connectivity index (χ0n) is 11.1. The largest absolute Gasteiger partial charge is 0.334 e. The molecule has 0 aromatic rings. The van der Waals surface area contributed by atoms with Crippen LogP contribution in [-0.2, 0) is 14.9 Å². The Bertz CT molecular complexity index is 376. The Hall–Kier alpha value is -0.880. The topological polar surface area (TPSA) is 83.5 Å². The highest BCUT2D eigenvalue weighted by Crippen LogP contribution is 2.11. The number of amides is 1. The lowest BCUT2D eigenvalue weighted by molar-refractivity contribution is -0.117. The summed E-state index contributed by atoms with van der Waals surface area (Å²) < 4.78 is 31.3. The number of hydrogen-bond acceptors (Lipinski definition) is 3. The van der Waals surface area contributed by atoms with E-state index in [4.69, 9.17) is 4.55 Å². The monoisotopic (exact) mass is 277 g/mol. The van der Waals surface area contributed by atoms with Crippen molar-refractivity contribution in [1.29, 1.82) is 0 Å². The van der Waals surface area contributed by atoms with Crippen LogP contribution in [0.2, 0.25) is 0 Å². The van der Waals surface area contributed by atoms with Crippen molar-refractivity contribution in [3.05, 3.63) is 12.2 Å². The van der Waals surface area contributed by atoms with Crippen LogP contribution in [-0.4, -0.2) is 24.3 Å². The van der Waals surface area contributed by atoms with Gasteiger partial charge in [0.2, 0.25) is 5.91 Å². The molecule has 1 amide bonds. The van der Waals surface area contributed by atoms with Gasteiger partial charge in [0.25, 0.3) is 10.1 Å². The van der Waals surface area contributed by atoms with Gasteiger partial charge < -0.3 is 5.32 Å². The number of hydrogen-bond donors (Lipinski definition) is 2. The van der Waals surface area contributed by atoms with Gasteiger partial charge in [-0.05, 0) is 13.3 Å². The molecule has 6 heteroatoms. The van der Waals surface area contributed by atoms with E-state index in [9.17, 15) is 13.2 Å². The Balaban J connectivity index is 4.27. The molecule has 0 spiro atoms. The third-order valence-electron chi connectivity index (χ3n) is 2.61. The molecule has 106 valence electrons. The van der Waals surface area contributed by atoms with Gasteiger partial charge in [-0.15, -0.1) is 0 Å². The molecular formula is C12H23NO4S. The predicted octanol–water partition coefficient (Wildman–Crippen LogP) is 2.25. The first kappa shape index (κ1) is 17.1. The van der Waals surface area contributed by atoms with E-state index in [1.54, 1.807) is 0 Å². The Morgan fingerprint density at radius 2 is 1.83 bits per heavy atom. The van der Waals surface area contributed by atoms with Crippen LogP contribution >= 0.6 is 0 Å². The molecule has 18 heavy (non-hydrogen) atoms. The van der Waals surface area contributed by atoms with Gasteiger partial charge in [0.05, 0.1) is 0 Å². The van der Waals surface area contributed by atoms with Crippen LogP contribution in [0.5, 0.6) is 0 Å². The van der Waals surface area contributed by atoms with Crippen molar-refractivity contribution < 1.29 is 17.8 Å². The molecule has 0 aliphatic heterocycles. The highest BCUT2D eigenvalue weighted by atomic mass is 32.2. The van der Waals surface area contributed by atoms with Gasteiger partial charge in [0.1, 0.15) is 0 Å². The first-order chi connectivity index (χ1) is 8.29. The summed E-state index contributed by atoms with van der Waals surface area (Å²) in [6, 6.07) is 0. The normalized spacial score (nSPS) is 13.1. The van der Waals surface area contributed by atoms with Crippen LogP contribution in [0, 0.1) is 0 Å². The summed E-state index contributed by atoms with van der Waals surface area (Å²) >= 11 is 0. The van der Waals surface area contributed by atoms with Crippen LogP contribution < -0.4 is 5.32 Å². The maximum Gasteiger partial charge on any atom is 0.286 e. The van der Waals surface area contributed by atoms with Crippen molar-refractivity contribution in [2.24, 2.45) is 0 Å².